The van der Waals surface area contributed by atoms with E-state index in [1.54, 1.807) is 0 Å². The number of aromatic nitrogens is 1. The Morgan fingerprint density at radius 1 is 1.20 bits per heavy atom. The molecule has 2 nitrogen and oxygen atoms in total. The molecule has 1 atom stereocenters. The molecule has 0 spiro atoms. The van der Waals surface area contributed by atoms with Gasteiger partial charge in [-0.05, 0) is 81.0 Å². The number of pyridine rings is 1. The maximum atomic E-state index is 4.48. The molecule has 0 saturated heterocycles. The molecule has 106 valence electrons. The fourth-order valence-corrected chi connectivity index (χ4v) is 3.38. The van der Waals surface area contributed by atoms with Gasteiger partial charge in [0.1, 0.15) is 0 Å². The molecule has 0 amide bonds. The standard InChI is InChI=1S/C15H15Br2IN2/c1-2-19-15(8-12-5-3-11(17)9-20-12)13-7-10(16)4-6-14(13)18/h3-7,9,15,19H,2,8H2,1H3. The van der Waals surface area contributed by atoms with Crippen molar-refractivity contribution in [3.63, 3.8) is 0 Å². The normalized spacial score (nSPS) is 12.4. The van der Waals surface area contributed by atoms with Crippen LogP contribution >= 0.6 is 54.5 Å². The van der Waals surface area contributed by atoms with Crippen molar-refractivity contribution in [2.24, 2.45) is 0 Å². The Morgan fingerprint density at radius 2 is 1.95 bits per heavy atom. The minimum Gasteiger partial charge on any atom is -0.310 e. The van der Waals surface area contributed by atoms with Gasteiger partial charge < -0.3 is 5.32 Å². The molecule has 1 unspecified atom stereocenters. The second kappa shape index (κ2) is 7.87. The van der Waals surface area contributed by atoms with Gasteiger partial charge in [0.25, 0.3) is 0 Å². The highest BCUT2D eigenvalue weighted by Gasteiger charge is 2.15. The van der Waals surface area contributed by atoms with Crippen molar-refractivity contribution in [2.75, 3.05) is 6.54 Å². The average Bonchev–Trinajstić information content (AvgIpc) is 2.43. The molecule has 0 aliphatic carbocycles. The third-order valence-electron chi connectivity index (χ3n) is 2.99. The number of nitrogens with zero attached hydrogens (tertiary/aromatic N) is 1. The predicted octanol–water partition coefficient (Wildman–Crippen LogP) is 5.10. The summed E-state index contributed by atoms with van der Waals surface area (Å²) in [4.78, 5) is 4.48. The Morgan fingerprint density at radius 3 is 2.60 bits per heavy atom. The zero-order chi connectivity index (χ0) is 14.5. The lowest BCUT2D eigenvalue weighted by atomic mass is 10.0. The van der Waals surface area contributed by atoms with E-state index < -0.39 is 0 Å². The highest BCUT2D eigenvalue weighted by Crippen LogP contribution is 2.26. The fourth-order valence-electron chi connectivity index (χ4n) is 2.06. The van der Waals surface area contributed by atoms with Crippen LogP contribution in [0.1, 0.15) is 24.2 Å². The highest BCUT2D eigenvalue weighted by molar-refractivity contribution is 14.1. The molecule has 2 rings (SSSR count). The first-order chi connectivity index (χ1) is 9.60. The van der Waals surface area contributed by atoms with Crippen LogP contribution in [-0.2, 0) is 6.42 Å². The SMILES string of the molecule is CCNC(Cc1ccc(Br)cn1)c1cc(Br)ccc1I. The van der Waals surface area contributed by atoms with Crippen molar-refractivity contribution in [2.45, 2.75) is 19.4 Å². The lowest BCUT2D eigenvalue weighted by Gasteiger charge is -2.20. The first kappa shape index (κ1) is 16.4. The number of benzene rings is 1. The average molecular weight is 510 g/mol. The highest BCUT2D eigenvalue weighted by atomic mass is 127. The van der Waals surface area contributed by atoms with E-state index in [1.165, 1.54) is 9.13 Å². The maximum Gasteiger partial charge on any atom is 0.0423 e. The topological polar surface area (TPSA) is 24.9 Å². The van der Waals surface area contributed by atoms with Crippen LogP contribution in [0.25, 0.3) is 0 Å². The molecule has 1 aromatic carbocycles. The smallest absolute Gasteiger partial charge is 0.0423 e. The second-order valence-electron chi connectivity index (χ2n) is 4.45. The predicted molar refractivity (Wildman–Crippen MR) is 98.9 cm³/mol. The van der Waals surface area contributed by atoms with Gasteiger partial charge in [0.15, 0.2) is 0 Å². The third kappa shape index (κ3) is 4.51. The van der Waals surface area contributed by atoms with E-state index in [4.69, 9.17) is 0 Å². The molecule has 0 aliphatic heterocycles. The van der Waals surface area contributed by atoms with Gasteiger partial charge in [-0.2, -0.15) is 0 Å². The van der Waals surface area contributed by atoms with Gasteiger partial charge in [0.05, 0.1) is 0 Å². The molecule has 0 radical (unpaired) electrons. The van der Waals surface area contributed by atoms with Gasteiger partial charge in [-0.3, -0.25) is 4.98 Å². The molecule has 5 heteroatoms. The Balaban J connectivity index is 2.26. The van der Waals surface area contributed by atoms with Crippen molar-refractivity contribution in [3.05, 3.63) is 60.3 Å². The van der Waals surface area contributed by atoms with Gasteiger partial charge in [-0.25, -0.2) is 0 Å². The van der Waals surface area contributed by atoms with E-state index in [2.05, 4.69) is 95.9 Å². The summed E-state index contributed by atoms with van der Waals surface area (Å²) in [6, 6.07) is 10.8. The van der Waals surface area contributed by atoms with Crippen LogP contribution in [0.4, 0.5) is 0 Å². The van der Waals surface area contributed by atoms with Crippen molar-refractivity contribution < 1.29 is 0 Å². The minimum absolute atomic E-state index is 0.276. The van der Waals surface area contributed by atoms with Gasteiger partial charge >= 0.3 is 0 Å². The Hall–Kier alpha value is 0.0200. The van der Waals surface area contributed by atoms with Crippen LogP contribution in [0.5, 0.6) is 0 Å². The van der Waals surface area contributed by atoms with Crippen LogP contribution in [0.2, 0.25) is 0 Å². The number of hydrogen-bond acceptors (Lipinski definition) is 2. The molecular weight excluding hydrogens is 495 g/mol. The van der Waals surface area contributed by atoms with Gasteiger partial charge in [-0.1, -0.05) is 22.9 Å². The van der Waals surface area contributed by atoms with E-state index >= 15 is 0 Å². The molecule has 20 heavy (non-hydrogen) atoms. The quantitative estimate of drug-likeness (QED) is 0.567. The largest absolute Gasteiger partial charge is 0.310 e. The summed E-state index contributed by atoms with van der Waals surface area (Å²) in [5, 5.41) is 3.55. The molecule has 0 saturated carbocycles. The molecule has 1 N–H and O–H groups in total. The Kier molecular flexibility index (Phi) is 6.45. The zero-order valence-corrected chi connectivity index (χ0v) is 16.4. The fraction of sp³-hybridized carbons (Fsp3) is 0.267. The van der Waals surface area contributed by atoms with Gasteiger partial charge in [0.2, 0.25) is 0 Å². The van der Waals surface area contributed by atoms with Crippen LogP contribution < -0.4 is 5.32 Å². The van der Waals surface area contributed by atoms with Crippen LogP contribution in [0, 0.1) is 3.57 Å². The van der Waals surface area contributed by atoms with Crippen LogP contribution in [0.15, 0.2) is 45.5 Å². The minimum atomic E-state index is 0.276. The lowest BCUT2D eigenvalue weighted by molar-refractivity contribution is 0.541. The Bertz CT molecular complexity index is 573. The van der Waals surface area contributed by atoms with Crippen molar-refractivity contribution >= 4 is 54.5 Å². The number of rotatable bonds is 5. The first-order valence-electron chi connectivity index (χ1n) is 6.39. The summed E-state index contributed by atoms with van der Waals surface area (Å²) in [6.07, 6.45) is 2.73. The van der Waals surface area contributed by atoms with Gasteiger partial charge in [0, 0.05) is 36.9 Å². The van der Waals surface area contributed by atoms with E-state index in [-0.39, 0.29) is 6.04 Å². The molecule has 0 fully saturated rings. The van der Waals surface area contributed by atoms with E-state index in [9.17, 15) is 0 Å². The summed E-state index contributed by atoms with van der Waals surface area (Å²) >= 11 is 9.37. The molecule has 0 bridgehead atoms. The van der Waals surface area contributed by atoms with Crippen molar-refractivity contribution in [3.8, 4) is 0 Å². The first-order valence-corrected chi connectivity index (χ1v) is 9.05. The molecule has 1 heterocycles. The number of nitrogens with one attached hydrogen (secondary N) is 1. The summed E-state index contributed by atoms with van der Waals surface area (Å²) in [7, 11) is 0. The second-order valence-corrected chi connectivity index (χ2v) is 7.44. The van der Waals surface area contributed by atoms with Crippen LogP contribution in [0.3, 0.4) is 0 Å². The van der Waals surface area contributed by atoms with Crippen molar-refractivity contribution in [1.29, 1.82) is 0 Å². The maximum absolute atomic E-state index is 4.48. The lowest BCUT2D eigenvalue weighted by Crippen LogP contribution is -2.24. The molecule has 1 aromatic heterocycles. The molecule has 0 aliphatic rings. The monoisotopic (exact) mass is 508 g/mol. The number of hydrogen-bond donors (Lipinski definition) is 1. The third-order valence-corrected chi connectivity index (χ3v) is 4.93. The van der Waals surface area contributed by atoms with Gasteiger partial charge in [-0.15, -0.1) is 0 Å². The van der Waals surface area contributed by atoms with E-state index in [0.717, 1.165) is 27.6 Å². The Labute approximate surface area is 150 Å². The van der Waals surface area contributed by atoms with Crippen molar-refractivity contribution in [1.82, 2.24) is 10.3 Å². The molecular formula is C15H15Br2IN2. The summed E-state index contributed by atoms with van der Waals surface area (Å²) in [5.74, 6) is 0. The van der Waals surface area contributed by atoms with E-state index in [1.807, 2.05) is 12.3 Å². The summed E-state index contributed by atoms with van der Waals surface area (Å²) in [5.41, 5.74) is 2.40. The zero-order valence-electron chi connectivity index (χ0n) is 11.0. The van der Waals surface area contributed by atoms with Crippen LogP contribution in [-0.4, -0.2) is 11.5 Å². The number of likely N-dealkylation sites (N-methyl/N-ethyl adjacent to an activating group) is 1. The summed E-state index contributed by atoms with van der Waals surface area (Å²) < 4.78 is 3.40. The molecule has 2 aromatic rings. The van der Waals surface area contributed by atoms with E-state index in [0.29, 0.717) is 0 Å². The summed E-state index contributed by atoms with van der Waals surface area (Å²) in [6.45, 7) is 3.07. The number of halogens is 3.